The van der Waals surface area contributed by atoms with E-state index < -0.39 is 0 Å². The highest BCUT2D eigenvalue weighted by Gasteiger charge is 2.03. The number of thioether (sulfide) groups is 1. The minimum absolute atomic E-state index is 0.854. The Hall–Kier alpha value is -0.930. The van der Waals surface area contributed by atoms with Crippen LogP contribution in [0.1, 0.15) is 11.1 Å². The predicted octanol–water partition coefficient (Wildman–Crippen LogP) is 4.63. The van der Waals surface area contributed by atoms with Gasteiger partial charge in [-0.2, -0.15) is 0 Å². The fourth-order valence-electron chi connectivity index (χ4n) is 1.54. The van der Waals surface area contributed by atoms with Gasteiger partial charge in [-0.25, -0.2) is 0 Å². The Bertz CT molecular complexity index is 525. The highest BCUT2D eigenvalue weighted by Crippen LogP contribution is 2.31. The summed E-state index contributed by atoms with van der Waals surface area (Å²) in [5.74, 6) is 0.926. The van der Waals surface area contributed by atoms with Gasteiger partial charge in [0.25, 0.3) is 0 Å². The van der Waals surface area contributed by atoms with Crippen LogP contribution in [-0.2, 0) is 5.75 Å². The first-order valence-corrected chi connectivity index (χ1v) is 7.17. The molecule has 0 heterocycles. The van der Waals surface area contributed by atoms with Gasteiger partial charge in [-0.1, -0.05) is 40.2 Å². The summed E-state index contributed by atoms with van der Waals surface area (Å²) in [5, 5.41) is 0. The number of halogens is 1. The van der Waals surface area contributed by atoms with E-state index in [0.29, 0.717) is 0 Å². The molecule has 0 radical (unpaired) electrons. The van der Waals surface area contributed by atoms with Crippen LogP contribution in [0.4, 0.5) is 5.69 Å². The molecule has 2 aromatic rings. The summed E-state index contributed by atoms with van der Waals surface area (Å²) in [6.45, 7) is 2.09. The van der Waals surface area contributed by atoms with Gasteiger partial charge in [0.05, 0.1) is 0 Å². The maximum Gasteiger partial charge on any atom is 0.0452 e. The number of hydrogen-bond donors (Lipinski definition) is 1. The molecule has 0 unspecified atom stereocenters. The van der Waals surface area contributed by atoms with Crippen LogP contribution in [0.3, 0.4) is 0 Å². The highest BCUT2D eigenvalue weighted by molar-refractivity contribution is 9.10. The molecule has 0 aromatic heterocycles. The SMILES string of the molecule is Cc1ccc(N)c(SCc2ccccc2Br)c1. The Morgan fingerprint density at radius 1 is 1.18 bits per heavy atom. The van der Waals surface area contributed by atoms with Crippen molar-refractivity contribution in [2.45, 2.75) is 17.6 Å². The molecule has 0 aliphatic heterocycles. The molecule has 2 rings (SSSR count). The van der Waals surface area contributed by atoms with E-state index in [9.17, 15) is 0 Å². The molecule has 0 aliphatic carbocycles. The van der Waals surface area contributed by atoms with Gasteiger partial charge in [0.2, 0.25) is 0 Å². The molecule has 0 spiro atoms. The summed E-state index contributed by atoms with van der Waals surface area (Å²) in [5.41, 5.74) is 9.35. The van der Waals surface area contributed by atoms with Gasteiger partial charge in [-0.3, -0.25) is 0 Å². The van der Waals surface area contributed by atoms with Gasteiger partial charge in [0.1, 0.15) is 0 Å². The number of anilines is 1. The zero-order valence-electron chi connectivity index (χ0n) is 9.61. The van der Waals surface area contributed by atoms with Crippen LogP contribution in [0.25, 0.3) is 0 Å². The lowest BCUT2D eigenvalue weighted by atomic mass is 10.2. The third-order valence-electron chi connectivity index (χ3n) is 2.51. The molecule has 0 aliphatic rings. The molecule has 0 atom stereocenters. The van der Waals surface area contributed by atoms with E-state index in [1.54, 1.807) is 11.8 Å². The van der Waals surface area contributed by atoms with Gasteiger partial charge in [-0.05, 0) is 36.2 Å². The van der Waals surface area contributed by atoms with E-state index in [0.717, 1.165) is 20.8 Å². The van der Waals surface area contributed by atoms with Crippen LogP contribution in [0.2, 0.25) is 0 Å². The van der Waals surface area contributed by atoms with Crippen molar-refractivity contribution >= 4 is 33.4 Å². The van der Waals surface area contributed by atoms with Crippen molar-refractivity contribution < 1.29 is 0 Å². The fraction of sp³-hybridized carbons (Fsp3) is 0.143. The normalized spacial score (nSPS) is 10.5. The lowest BCUT2D eigenvalue weighted by Gasteiger charge is -2.07. The topological polar surface area (TPSA) is 26.0 Å². The number of nitrogen functional groups attached to an aromatic ring is 1. The first kappa shape index (κ1) is 12.5. The average Bonchev–Trinajstić information content (AvgIpc) is 2.32. The van der Waals surface area contributed by atoms with Crippen LogP contribution in [0, 0.1) is 6.92 Å². The Labute approximate surface area is 115 Å². The molecule has 0 amide bonds. The van der Waals surface area contributed by atoms with Crippen molar-refractivity contribution in [2.24, 2.45) is 0 Å². The van der Waals surface area contributed by atoms with Crippen molar-refractivity contribution in [1.82, 2.24) is 0 Å². The van der Waals surface area contributed by atoms with E-state index in [4.69, 9.17) is 5.73 Å². The van der Waals surface area contributed by atoms with Gasteiger partial charge >= 0.3 is 0 Å². The third-order valence-corrected chi connectivity index (χ3v) is 4.40. The lowest BCUT2D eigenvalue weighted by molar-refractivity contribution is 1.33. The van der Waals surface area contributed by atoms with Crippen LogP contribution in [0.5, 0.6) is 0 Å². The maximum atomic E-state index is 5.96. The average molecular weight is 308 g/mol. The molecular formula is C14H14BrNS. The first-order valence-electron chi connectivity index (χ1n) is 5.39. The summed E-state index contributed by atoms with van der Waals surface area (Å²) in [7, 11) is 0. The summed E-state index contributed by atoms with van der Waals surface area (Å²) < 4.78 is 1.15. The second kappa shape index (κ2) is 5.61. The molecule has 1 nitrogen and oxygen atoms in total. The number of rotatable bonds is 3. The quantitative estimate of drug-likeness (QED) is 0.661. The molecule has 2 aromatic carbocycles. The second-order valence-electron chi connectivity index (χ2n) is 3.92. The molecule has 88 valence electrons. The molecule has 0 saturated heterocycles. The van der Waals surface area contributed by atoms with E-state index >= 15 is 0 Å². The minimum Gasteiger partial charge on any atom is -0.398 e. The van der Waals surface area contributed by atoms with Crippen LogP contribution >= 0.6 is 27.7 Å². The number of nitrogens with two attached hydrogens (primary N) is 1. The third kappa shape index (κ3) is 3.27. The van der Waals surface area contributed by atoms with Crippen LogP contribution in [-0.4, -0.2) is 0 Å². The minimum atomic E-state index is 0.854. The van der Waals surface area contributed by atoms with E-state index in [-0.39, 0.29) is 0 Å². The summed E-state index contributed by atoms with van der Waals surface area (Å²) >= 11 is 5.33. The van der Waals surface area contributed by atoms with E-state index in [1.165, 1.54) is 11.1 Å². The molecule has 0 saturated carbocycles. The number of benzene rings is 2. The van der Waals surface area contributed by atoms with E-state index in [1.807, 2.05) is 18.2 Å². The Morgan fingerprint density at radius 2 is 1.94 bits per heavy atom. The standard InChI is InChI=1S/C14H14BrNS/c1-10-6-7-13(16)14(8-10)17-9-11-4-2-3-5-12(11)15/h2-8H,9,16H2,1H3. The Balaban J connectivity index is 2.12. The summed E-state index contributed by atoms with van der Waals surface area (Å²) in [6, 6.07) is 14.4. The van der Waals surface area contributed by atoms with Crippen LogP contribution < -0.4 is 5.73 Å². The second-order valence-corrected chi connectivity index (χ2v) is 5.79. The Kier molecular flexibility index (Phi) is 4.13. The number of hydrogen-bond acceptors (Lipinski definition) is 2. The predicted molar refractivity (Wildman–Crippen MR) is 79.3 cm³/mol. The molecule has 0 bridgehead atoms. The largest absolute Gasteiger partial charge is 0.398 e. The van der Waals surface area contributed by atoms with Crippen LogP contribution in [0.15, 0.2) is 51.8 Å². The molecule has 3 heteroatoms. The zero-order chi connectivity index (χ0) is 12.3. The van der Waals surface area contributed by atoms with Crippen molar-refractivity contribution in [2.75, 3.05) is 5.73 Å². The monoisotopic (exact) mass is 307 g/mol. The molecule has 0 fully saturated rings. The maximum absolute atomic E-state index is 5.96. The highest BCUT2D eigenvalue weighted by atomic mass is 79.9. The van der Waals surface area contributed by atoms with Gasteiger partial charge in [0, 0.05) is 20.8 Å². The molecule has 2 N–H and O–H groups in total. The van der Waals surface area contributed by atoms with Crippen molar-refractivity contribution in [3.8, 4) is 0 Å². The molecular weight excluding hydrogens is 294 g/mol. The van der Waals surface area contributed by atoms with Crippen molar-refractivity contribution in [3.05, 3.63) is 58.1 Å². The van der Waals surface area contributed by atoms with Gasteiger partial charge < -0.3 is 5.73 Å². The zero-order valence-corrected chi connectivity index (χ0v) is 12.0. The van der Waals surface area contributed by atoms with Crippen molar-refractivity contribution in [1.29, 1.82) is 0 Å². The smallest absolute Gasteiger partial charge is 0.0452 e. The summed E-state index contributed by atoms with van der Waals surface area (Å²) in [6.07, 6.45) is 0. The van der Waals surface area contributed by atoms with Gasteiger partial charge in [-0.15, -0.1) is 11.8 Å². The number of aryl methyl sites for hydroxylation is 1. The summed E-state index contributed by atoms with van der Waals surface area (Å²) in [4.78, 5) is 1.15. The fourth-order valence-corrected chi connectivity index (χ4v) is 3.21. The van der Waals surface area contributed by atoms with Crippen molar-refractivity contribution in [3.63, 3.8) is 0 Å². The lowest BCUT2D eigenvalue weighted by Crippen LogP contribution is -1.90. The van der Waals surface area contributed by atoms with E-state index in [2.05, 4.69) is 47.1 Å². The molecule has 17 heavy (non-hydrogen) atoms. The first-order chi connectivity index (χ1) is 8.16. The Morgan fingerprint density at radius 3 is 2.71 bits per heavy atom. The van der Waals surface area contributed by atoms with Gasteiger partial charge in [0.15, 0.2) is 0 Å².